The highest BCUT2D eigenvalue weighted by Gasteiger charge is 2.22. The molecule has 2 heterocycles. The number of nitrogens with zero attached hydrogens (tertiary/aromatic N) is 2. The second kappa shape index (κ2) is 8.11. The van der Waals surface area contributed by atoms with Crippen molar-refractivity contribution in [3.63, 3.8) is 0 Å². The fourth-order valence-corrected chi connectivity index (χ4v) is 2.38. The van der Waals surface area contributed by atoms with Crippen molar-refractivity contribution in [1.82, 2.24) is 15.5 Å². The molecular formula is C18H17N3O5. The highest BCUT2D eigenvalue weighted by molar-refractivity contribution is 5.83. The highest BCUT2D eigenvalue weighted by Crippen LogP contribution is 2.15. The van der Waals surface area contributed by atoms with Gasteiger partial charge in [-0.05, 0) is 12.1 Å². The molecular weight excluding hydrogens is 338 g/mol. The zero-order valence-electron chi connectivity index (χ0n) is 13.8. The Balaban J connectivity index is 1.53. The summed E-state index contributed by atoms with van der Waals surface area (Å²) < 4.78 is 10.3. The number of furan rings is 1. The lowest BCUT2D eigenvalue weighted by Crippen LogP contribution is -2.42. The maximum Gasteiger partial charge on any atom is 0.326 e. The Morgan fingerprint density at radius 2 is 1.96 bits per heavy atom. The number of amides is 1. The summed E-state index contributed by atoms with van der Waals surface area (Å²) in [6, 6.07) is 11.6. The number of nitrogens with one attached hydrogen (secondary N) is 1. The number of rotatable bonds is 8. The van der Waals surface area contributed by atoms with E-state index in [1.165, 1.54) is 6.26 Å². The lowest BCUT2D eigenvalue weighted by molar-refractivity contribution is -0.141. The molecule has 2 aromatic heterocycles. The van der Waals surface area contributed by atoms with E-state index in [4.69, 9.17) is 8.94 Å². The summed E-state index contributed by atoms with van der Waals surface area (Å²) in [4.78, 5) is 27.6. The van der Waals surface area contributed by atoms with Crippen LogP contribution in [-0.4, -0.2) is 33.2 Å². The molecule has 0 aliphatic carbocycles. The zero-order valence-corrected chi connectivity index (χ0v) is 13.8. The molecule has 134 valence electrons. The van der Waals surface area contributed by atoms with Gasteiger partial charge in [0.15, 0.2) is 0 Å². The second-order valence-electron chi connectivity index (χ2n) is 5.62. The summed E-state index contributed by atoms with van der Waals surface area (Å²) in [7, 11) is 0. The van der Waals surface area contributed by atoms with Crippen molar-refractivity contribution in [1.29, 1.82) is 0 Å². The number of carboxylic acids is 1. The summed E-state index contributed by atoms with van der Waals surface area (Å²) in [6.45, 7) is 0. The fraction of sp³-hybridized carbons (Fsp3) is 0.222. The molecule has 3 rings (SSSR count). The summed E-state index contributed by atoms with van der Waals surface area (Å²) in [6.07, 6.45) is 1.79. The van der Waals surface area contributed by atoms with Crippen LogP contribution in [-0.2, 0) is 22.4 Å². The summed E-state index contributed by atoms with van der Waals surface area (Å²) in [5, 5.41) is 15.6. The average Bonchev–Trinajstić information content (AvgIpc) is 3.32. The van der Waals surface area contributed by atoms with Crippen molar-refractivity contribution in [2.75, 3.05) is 0 Å². The fourth-order valence-electron chi connectivity index (χ4n) is 2.38. The van der Waals surface area contributed by atoms with Crippen molar-refractivity contribution in [3.8, 4) is 11.4 Å². The minimum atomic E-state index is -1.13. The lowest BCUT2D eigenvalue weighted by Gasteiger charge is -2.12. The van der Waals surface area contributed by atoms with Gasteiger partial charge < -0.3 is 19.4 Å². The molecule has 0 saturated carbocycles. The van der Waals surface area contributed by atoms with Crippen molar-refractivity contribution >= 4 is 11.9 Å². The first-order valence-electron chi connectivity index (χ1n) is 8.04. The standard InChI is InChI=1S/C18H17N3O5/c22-15(19-14(18(23)24)11-13-7-4-10-25-13)8-9-16-20-17(21-26-16)12-5-2-1-3-6-12/h1-7,10,14H,8-9,11H2,(H,19,22)(H,23,24). The number of hydrogen-bond acceptors (Lipinski definition) is 6. The number of aryl methyl sites for hydroxylation is 1. The van der Waals surface area contributed by atoms with Crippen molar-refractivity contribution in [3.05, 3.63) is 60.4 Å². The third-order valence-corrected chi connectivity index (χ3v) is 3.68. The first-order chi connectivity index (χ1) is 12.6. The van der Waals surface area contributed by atoms with Crippen LogP contribution in [0.4, 0.5) is 0 Å². The van der Waals surface area contributed by atoms with Gasteiger partial charge in [-0.3, -0.25) is 4.79 Å². The van der Waals surface area contributed by atoms with E-state index < -0.39 is 17.9 Å². The number of carbonyl (C=O) groups excluding carboxylic acids is 1. The summed E-state index contributed by atoms with van der Waals surface area (Å²) in [5.41, 5.74) is 0.816. The molecule has 1 unspecified atom stereocenters. The molecule has 2 N–H and O–H groups in total. The Hall–Kier alpha value is -3.42. The number of aromatic nitrogens is 2. The van der Waals surface area contributed by atoms with Crippen LogP contribution in [0.25, 0.3) is 11.4 Å². The van der Waals surface area contributed by atoms with Crippen LogP contribution in [0.2, 0.25) is 0 Å². The van der Waals surface area contributed by atoms with Gasteiger partial charge in [0.1, 0.15) is 11.8 Å². The second-order valence-corrected chi connectivity index (χ2v) is 5.62. The third-order valence-electron chi connectivity index (χ3n) is 3.68. The Kier molecular flexibility index (Phi) is 5.43. The molecule has 0 radical (unpaired) electrons. The zero-order chi connectivity index (χ0) is 18.4. The predicted molar refractivity (Wildman–Crippen MR) is 90.0 cm³/mol. The van der Waals surface area contributed by atoms with E-state index in [2.05, 4.69) is 15.5 Å². The van der Waals surface area contributed by atoms with E-state index in [0.717, 1.165) is 5.56 Å². The molecule has 1 aromatic carbocycles. The van der Waals surface area contributed by atoms with Crippen LogP contribution >= 0.6 is 0 Å². The maximum atomic E-state index is 12.0. The first-order valence-corrected chi connectivity index (χ1v) is 8.04. The Bertz CT molecular complexity index is 858. The Morgan fingerprint density at radius 1 is 1.15 bits per heavy atom. The third kappa shape index (κ3) is 4.56. The molecule has 0 aliphatic heterocycles. The van der Waals surface area contributed by atoms with Gasteiger partial charge in [-0.15, -0.1) is 0 Å². The van der Waals surface area contributed by atoms with Gasteiger partial charge in [0.2, 0.25) is 17.6 Å². The Labute approximate surface area is 148 Å². The molecule has 1 amide bonds. The quantitative estimate of drug-likeness (QED) is 0.635. The van der Waals surface area contributed by atoms with Crippen LogP contribution in [0.15, 0.2) is 57.7 Å². The van der Waals surface area contributed by atoms with E-state index in [-0.39, 0.29) is 19.3 Å². The molecule has 0 saturated heterocycles. The van der Waals surface area contributed by atoms with Crippen LogP contribution in [0.1, 0.15) is 18.1 Å². The number of aliphatic carboxylic acids is 1. The predicted octanol–water partition coefficient (Wildman–Crippen LogP) is 2.07. The molecule has 0 bridgehead atoms. The molecule has 1 atom stereocenters. The van der Waals surface area contributed by atoms with Gasteiger partial charge >= 0.3 is 5.97 Å². The van der Waals surface area contributed by atoms with E-state index in [0.29, 0.717) is 17.5 Å². The molecule has 0 aliphatic rings. The smallest absolute Gasteiger partial charge is 0.326 e. The van der Waals surface area contributed by atoms with Crippen LogP contribution < -0.4 is 5.32 Å². The van der Waals surface area contributed by atoms with Crippen LogP contribution in [0.3, 0.4) is 0 Å². The van der Waals surface area contributed by atoms with Crippen LogP contribution in [0, 0.1) is 0 Å². The minimum Gasteiger partial charge on any atom is -0.480 e. The van der Waals surface area contributed by atoms with Gasteiger partial charge in [0, 0.05) is 24.8 Å². The molecule has 0 fully saturated rings. The lowest BCUT2D eigenvalue weighted by atomic mass is 10.1. The first kappa shape index (κ1) is 17.4. The molecule has 3 aromatic rings. The normalized spacial score (nSPS) is 11.8. The summed E-state index contributed by atoms with van der Waals surface area (Å²) >= 11 is 0. The molecule has 26 heavy (non-hydrogen) atoms. The van der Waals surface area contributed by atoms with Crippen molar-refractivity contribution in [2.45, 2.75) is 25.3 Å². The largest absolute Gasteiger partial charge is 0.480 e. The average molecular weight is 355 g/mol. The monoisotopic (exact) mass is 355 g/mol. The summed E-state index contributed by atoms with van der Waals surface area (Å²) in [5.74, 6) is -0.288. The van der Waals surface area contributed by atoms with Gasteiger partial charge in [-0.1, -0.05) is 35.5 Å². The minimum absolute atomic E-state index is 0.0400. The molecule has 0 spiro atoms. The van der Waals surface area contributed by atoms with E-state index in [9.17, 15) is 14.7 Å². The molecule has 8 nitrogen and oxygen atoms in total. The number of carbonyl (C=O) groups is 2. The number of benzene rings is 1. The number of carboxylic acid groups (broad SMARTS) is 1. The number of hydrogen-bond donors (Lipinski definition) is 2. The van der Waals surface area contributed by atoms with Crippen molar-refractivity contribution < 1.29 is 23.6 Å². The van der Waals surface area contributed by atoms with Gasteiger partial charge in [0.25, 0.3) is 0 Å². The maximum absolute atomic E-state index is 12.0. The molecule has 8 heteroatoms. The van der Waals surface area contributed by atoms with Gasteiger partial charge in [0.05, 0.1) is 6.26 Å². The highest BCUT2D eigenvalue weighted by atomic mass is 16.5. The van der Waals surface area contributed by atoms with Crippen LogP contribution in [0.5, 0.6) is 0 Å². The van der Waals surface area contributed by atoms with E-state index in [1.807, 2.05) is 30.3 Å². The van der Waals surface area contributed by atoms with E-state index >= 15 is 0 Å². The topological polar surface area (TPSA) is 118 Å². The van der Waals surface area contributed by atoms with Gasteiger partial charge in [-0.2, -0.15) is 4.98 Å². The van der Waals surface area contributed by atoms with Gasteiger partial charge in [-0.25, -0.2) is 4.79 Å². The Morgan fingerprint density at radius 3 is 2.65 bits per heavy atom. The van der Waals surface area contributed by atoms with E-state index in [1.54, 1.807) is 12.1 Å². The van der Waals surface area contributed by atoms with Crippen molar-refractivity contribution in [2.24, 2.45) is 0 Å². The SMILES string of the molecule is O=C(CCc1nc(-c2ccccc2)no1)NC(Cc1ccco1)C(=O)O.